The van der Waals surface area contributed by atoms with Crippen LogP contribution in [0, 0.1) is 0 Å². The highest BCUT2D eigenvalue weighted by atomic mass is 16.5. The molecule has 0 aliphatic heterocycles. The van der Waals surface area contributed by atoms with Gasteiger partial charge in [0.15, 0.2) is 12.1 Å². The van der Waals surface area contributed by atoms with Crippen molar-refractivity contribution >= 4 is 5.78 Å². The molecule has 104 valence electrons. The first-order valence-electron chi connectivity index (χ1n) is 6.38. The SMILES string of the molecule is N[C@H](Cc1ccc(C(=O)c2ccccc2)cc1)C(O)O. The van der Waals surface area contributed by atoms with E-state index in [0.29, 0.717) is 17.5 Å². The smallest absolute Gasteiger partial charge is 0.193 e. The third-order valence-electron chi connectivity index (χ3n) is 3.11. The molecule has 4 heteroatoms. The van der Waals surface area contributed by atoms with Crippen molar-refractivity contribution in [3.63, 3.8) is 0 Å². The summed E-state index contributed by atoms with van der Waals surface area (Å²) in [6.45, 7) is 0. The lowest BCUT2D eigenvalue weighted by molar-refractivity contribution is -0.0577. The van der Waals surface area contributed by atoms with Crippen LogP contribution < -0.4 is 5.73 Å². The van der Waals surface area contributed by atoms with E-state index in [9.17, 15) is 4.79 Å². The second kappa shape index (κ2) is 6.43. The monoisotopic (exact) mass is 271 g/mol. The summed E-state index contributed by atoms with van der Waals surface area (Å²) in [5.74, 6) is -0.0383. The zero-order valence-corrected chi connectivity index (χ0v) is 10.9. The molecule has 2 aromatic rings. The van der Waals surface area contributed by atoms with Crippen molar-refractivity contribution in [2.75, 3.05) is 0 Å². The molecular weight excluding hydrogens is 254 g/mol. The number of aliphatic hydroxyl groups excluding tert-OH is 1. The summed E-state index contributed by atoms with van der Waals surface area (Å²) in [5.41, 5.74) is 7.66. The third-order valence-corrected chi connectivity index (χ3v) is 3.11. The zero-order chi connectivity index (χ0) is 14.5. The average Bonchev–Trinajstić information content (AvgIpc) is 2.48. The van der Waals surface area contributed by atoms with Gasteiger partial charge in [0.25, 0.3) is 0 Å². The summed E-state index contributed by atoms with van der Waals surface area (Å²) in [7, 11) is 0. The van der Waals surface area contributed by atoms with Crippen LogP contribution in [0.4, 0.5) is 0 Å². The summed E-state index contributed by atoms with van der Waals surface area (Å²) >= 11 is 0. The summed E-state index contributed by atoms with van der Waals surface area (Å²) in [6, 6.07) is 15.3. The van der Waals surface area contributed by atoms with Gasteiger partial charge < -0.3 is 15.9 Å². The molecule has 0 aromatic heterocycles. The van der Waals surface area contributed by atoms with E-state index in [4.69, 9.17) is 15.9 Å². The van der Waals surface area contributed by atoms with Crippen LogP contribution in [0.3, 0.4) is 0 Å². The number of ketones is 1. The molecule has 2 rings (SSSR count). The number of nitrogens with two attached hydrogens (primary N) is 1. The lowest BCUT2D eigenvalue weighted by atomic mass is 10.00. The van der Waals surface area contributed by atoms with E-state index in [1.807, 2.05) is 18.2 Å². The van der Waals surface area contributed by atoms with Crippen LogP contribution in [0.1, 0.15) is 21.5 Å². The number of carbonyl (C=O) groups is 1. The van der Waals surface area contributed by atoms with E-state index < -0.39 is 12.3 Å². The van der Waals surface area contributed by atoms with Crippen LogP contribution in [0.5, 0.6) is 0 Å². The maximum absolute atomic E-state index is 12.2. The minimum Gasteiger partial charge on any atom is -0.367 e. The van der Waals surface area contributed by atoms with Crippen molar-refractivity contribution < 1.29 is 15.0 Å². The Morgan fingerprint density at radius 2 is 1.50 bits per heavy atom. The molecule has 0 radical (unpaired) electrons. The summed E-state index contributed by atoms with van der Waals surface area (Å²) in [4.78, 5) is 12.2. The van der Waals surface area contributed by atoms with Gasteiger partial charge in [0.1, 0.15) is 0 Å². The molecule has 0 saturated heterocycles. The van der Waals surface area contributed by atoms with Crippen LogP contribution >= 0.6 is 0 Å². The van der Waals surface area contributed by atoms with E-state index in [-0.39, 0.29) is 5.78 Å². The Hall–Kier alpha value is -2.01. The summed E-state index contributed by atoms with van der Waals surface area (Å²) in [6.07, 6.45) is -1.20. The summed E-state index contributed by atoms with van der Waals surface area (Å²) < 4.78 is 0. The molecule has 0 fully saturated rings. The van der Waals surface area contributed by atoms with Gasteiger partial charge in [0.05, 0.1) is 6.04 Å². The van der Waals surface area contributed by atoms with Crippen molar-refractivity contribution in [3.8, 4) is 0 Å². The van der Waals surface area contributed by atoms with Gasteiger partial charge in [-0.3, -0.25) is 4.79 Å². The Morgan fingerprint density at radius 3 is 2.05 bits per heavy atom. The first-order chi connectivity index (χ1) is 9.58. The van der Waals surface area contributed by atoms with Crippen molar-refractivity contribution in [3.05, 3.63) is 71.3 Å². The molecular formula is C16H17NO3. The van der Waals surface area contributed by atoms with Crippen molar-refractivity contribution in [2.45, 2.75) is 18.8 Å². The molecule has 0 aliphatic rings. The van der Waals surface area contributed by atoms with E-state index in [0.717, 1.165) is 5.56 Å². The molecule has 20 heavy (non-hydrogen) atoms. The van der Waals surface area contributed by atoms with E-state index in [2.05, 4.69) is 0 Å². The minimum absolute atomic E-state index is 0.0383. The van der Waals surface area contributed by atoms with E-state index in [1.54, 1.807) is 36.4 Å². The molecule has 4 nitrogen and oxygen atoms in total. The molecule has 0 heterocycles. The van der Waals surface area contributed by atoms with Gasteiger partial charge in [0.2, 0.25) is 0 Å². The second-order valence-corrected chi connectivity index (χ2v) is 4.67. The first kappa shape index (κ1) is 14.4. The molecule has 0 amide bonds. The lowest BCUT2D eigenvalue weighted by Gasteiger charge is -2.13. The van der Waals surface area contributed by atoms with Gasteiger partial charge in [-0.15, -0.1) is 0 Å². The van der Waals surface area contributed by atoms with Crippen LogP contribution in [0.2, 0.25) is 0 Å². The maximum Gasteiger partial charge on any atom is 0.193 e. The van der Waals surface area contributed by atoms with Crippen LogP contribution in [-0.2, 0) is 6.42 Å². The second-order valence-electron chi connectivity index (χ2n) is 4.67. The molecule has 0 saturated carbocycles. The fourth-order valence-corrected chi connectivity index (χ4v) is 1.93. The molecule has 0 spiro atoms. The quantitative estimate of drug-likeness (QED) is 0.561. The predicted molar refractivity (Wildman–Crippen MR) is 76.2 cm³/mol. The predicted octanol–water partition coefficient (Wildman–Crippen LogP) is 1.10. The fourth-order valence-electron chi connectivity index (χ4n) is 1.93. The Morgan fingerprint density at radius 1 is 0.950 bits per heavy atom. The van der Waals surface area contributed by atoms with Crippen molar-refractivity contribution in [2.24, 2.45) is 5.73 Å². The summed E-state index contributed by atoms with van der Waals surface area (Å²) in [5, 5.41) is 17.9. The number of aliphatic hydroxyl groups is 2. The average molecular weight is 271 g/mol. The third kappa shape index (κ3) is 3.51. The van der Waals surface area contributed by atoms with Gasteiger partial charge in [-0.25, -0.2) is 0 Å². The van der Waals surface area contributed by atoms with Crippen LogP contribution in [0.25, 0.3) is 0 Å². The Kier molecular flexibility index (Phi) is 4.63. The van der Waals surface area contributed by atoms with Gasteiger partial charge in [-0.1, -0.05) is 54.6 Å². The standard InChI is InChI=1S/C16H17NO3/c17-14(16(19)20)10-11-6-8-13(9-7-11)15(18)12-4-2-1-3-5-12/h1-9,14,16,19-20H,10,17H2/t14-/m1/s1. The Bertz CT molecular complexity index is 564. The van der Waals surface area contributed by atoms with Gasteiger partial charge in [-0.2, -0.15) is 0 Å². The lowest BCUT2D eigenvalue weighted by Crippen LogP contribution is -2.36. The number of rotatable bonds is 5. The first-order valence-corrected chi connectivity index (χ1v) is 6.38. The van der Waals surface area contributed by atoms with Gasteiger partial charge in [-0.05, 0) is 12.0 Å². The van der Waals surface area contributed by atoms with Crippen molar-refractivity contribution in [1.29, 1.82) is 0 Å². The molecule has 4 N–H and O–H groups in total. The normalized spacial score (nSPS) is 12.4. The maximum atomic E-state index is 12.2. The number of hydrogen-bond donors (Lipinski definition) is 3. The van der Waals surface area contributed by atoms with Crippen LogP contribution in [-0.4, -0.2) is 28.3 Å². The number of carbonyl (C=O) groups excluding carboxylic acids is 1. The number of benzene rings is 2. The molecule has 1 atom stereocenters. The molecule has 0 bridgehead atoms. The van der Waals surface area contributed by atoms with Gasteiger partial charge in [0, 0.05) is 11.1 Å². The number of hydrogen-bond acceptors (Lipinski definition) is 4. The van der Waals surface area contributed by atoms with Crippen LogP contribution in [0.15, 0.2) is 54.6 Å². The molecule has 0 unspecified atom stereocenters. The largest absolute Gasteiger partial charge is 0.367 e. The highest BCUT2D eigenvalue weighted by molar-refractivity contribution is 6.08. The molecule has 2 aromatic carbocycles. The fraction of sp³-hybridized carbons (Fsp3) is 0.188. The Labute approximate surface area is 117 Å². The van der Waals surface area contributed by atoms with Crippen molar-refractivity contribution in [1.82, 2.24) is 0 Å². The zero-order valence-electron chi connectivity index (χ0n) is 10.9. The highest BCUT2D eigenvalue weighted by Crippen LogP contribution is 2.12. The van der Waals surface area contributed by atoms with Gasteiger partial charge >= 0.3 is 0 Å². The van der Waals surface area contributed by atoms with E-state index >= 15 is 0 Å². The van der Waals surface area contributed by atoms with E-state index in [1.165, 1.54) is 0 Å². The minimum atomic E-state index is -1.54. The topological polar surface area (TPSA) is 83.6 Å². The Balaban J connectivity index is 2.11. The highest BCUT2D eigenvalue weighted by Gasteiger charge is 2.13. The molecule has 0 aliphatic carbocycles.